The summed E-state index contributed by atoms with van der Waals surface area (Å²) in [4.78, 5) is 0. The second kappa shape index (κ2) is 6.17. The number of fused-ring (bicyclic) bond motifs is 1. The van der Waals surface area contributed by atoms with Gasteiger partial charge in [-0.3, -0.25) is 0 Å². The Morgan fingerprint density at radius 3 is 3.00 bits per heavy atom. The van der Waals surface area contributed by atoms with Crippen molar-refractivity contribution in [2.45, 2.75) is 52.0 Å². The largest absolute Gasteiger partial charge is 0.493 e. The van der Waals surface area contributed by atoms with Gasteiger partial charge in [0, 0.05) is 12.5 Å². The van der Waals surface area contributed by atoms with Gasteiger partial charge in [-0.15, -0.1) is 0 Å². The first-order chi connectivity index (χ1) is 9.76. The molecule has 110 valence electrons. The fraction of sp³-hybridized carbons (Fsp3) is 0.667. The topological polar surface area (TPSA) is 21.3 Å². The second-order valence-electron chi connectivity index (χ2n) is 6.62. The van der Waals surface area contributed by atoms with Gasteiger partial charge in [0.15, 0.2) is 0 Å². The zero-order valence-corrected chi connectivity index (χ0v) is 12.8. The lowest BCUT2D eigenvalue weighted by Crippen LogP contribution is -2.26. The Morgan fingerprint density at radius 1 is 1.35 bits per heavy atom. The summed E-state index contributed by atoms with van der Waals surface area (Å²) >= 11 is 0. The van der Waals surface area contributed by atoms with E-state index in [2.05, 4.69) is 37.4 Å². The quantitative estimate of drug-likeness (QED) is 0.872. The van der Waals surface area contributed by atoms with E-state index in [-0.39, 0.29) is 0 Å². The Labute approximate surface area is 122 Å². The van der Waals surface area contributed by atoms with Crippen LogP contribution in [0.25, 0.3) is 0 Å². The molecule has 3 rings (SSSR count). The summed E-state index contributed by atoms with van der Waals surface area (Å²) in [6, 6.07) is 7.24. The van der Waals surface area contributed by atoms with Crippen LogP contribution in [0, 0.1) is 11.8 Å². The molecule has 20 heavy (non-hydrogen) atoms. The summed E-state index contributed by atoms with van der Waals surface area (Å²) in [5, 5.41) is 3.80. The molecule has 0 bridgehead atoms. The minimum atomic E-state index is 0.497. The van der Waals surface area contributed by atoms with Crippen LogP contribution < -0.4 is 10.1 Å². The summed E-state index contributed by atoms with van der Waals surface area (Å²) in [5.74, 6) is 2.91. The van der Waals surface area contributed by atoms with Crippen molar-refractivity contribution in [2.75, 3.05) is 13.2 Å². The molecule has 1 saturated carbocycles. The van der Waals surface area contributed by atoms with E-state index in [0.717, 1.165) is 37.0 Å². The van der Waals surface area contributed by atoms with Crippen LogP contribution in [0.15, 0.2) is 18.2 Å². The van der Waals surface area contributed by atoms with Gasteiger partial charge in [0.1, 0.15) is 5.75 Å². The maximum atomic E-state index is 5.60. The first-order valence-corrected chi connectivity index (χ1v) is 8.25. The predicted molar refractivity (Wildman–Crippen MR) is 83.2 cm³/mol. The van der Waals surface area contributed by atoms with Crippen LogP contribution in [0.2, 0.25) is 0 Å². The van der Waals surface area contributed by atoms with Gasteiger partial charge >= 0.3 is 0 Å². The van der Waals surface area contributed by atoms with Gasteiger partial charge in [-0.05, 0) is 54.8 Å². The molecule has 2 heteroatoms. The fourth-order valence-corrected chi connectivity index (χ4v) is 3.74. The molecule has 3 unspecified atom stereocenters. The van der Waals surface area contributed by atoms with Gasteiger partial charge in [-0.1, -0.05) is 32.4 Å². The van der Waals surface area contributed by atoms with E-state index >= 15 is 0 Å². The van der Waals surface area contributed by atoms with Crippen molar-refractivity contribution in [3.05, 3.63) is 29.3 Å². The fourth-order valence-electron chi connectivity index (χ4n) is 3.74. The Kier molecular flexibility index (Phi) is 4.30. The average Bonchev–Trinajstić information content (AvgIpc) is 3.07. The van der Waals surface area contributed by atoms with Gasteiger partial charge in [0.25, 0.3) is 0 Å². The van der Waals surface area contributed by atoms with Crippen LogP contribution >= 0.6 is 0 Å². The molecule has 1 N–H and O–H groups in total. The molecule has 1 heterocycles. The van der Waals surface area contributed by atoms with Gasteiger partial charge in [0.2, 0.25) is 0 Å². The highest BCUT2D eigenvalue weighted by Gasteiger charge is 2.22. The van der Waals surface area contributed by atoms with E-state index in [0.29, 0.717) is 6.04 Å². The van der Waals surface area contributed by atoms with Crippen molar-refractivity contribution in [2.24, 2.45) is 11.8 Å². The molecule has 0 spiro atoms. The zero-order valence-electron chi connectivity index (χ0n) is 12.8. The molecular weight excluding hydrogens is 246 g/mol. The monoisotopic (exact) mass is 273 g/mol. The van der Waals surface area contributed by atoms with E-state index in [9.17, 15) is 0 Å². The predicted octanol–water partition coefficient (Wildman–Crippen LogP) is 4.10. The third-order valence-electron chi connectivity index (χ3n) is 4.98. The summed E-state index contributed by atoms with van der Waals surface area (Å²) in [6.07, 6.45) is 6.45. The molecule has 0 amide bonds. The van der Waals surface area contributed by atoms with E-state index < -0.39 is 0 Å². The molecule has 1 aromatic carbocycles. The molecule has 2 nitrogen and oxygen atoms in total. The lowest BCUT2D eigenvalue weighted by atomic mass is 9.99. The third kappa shape index (κ3) is 3.01. The molecular formula is C18H27NO. The van der Waals surface area contributed by atoms with Crippen molar-refractivity contribution in [1.82, 2.24) is 5.32 Å². The summed E-state index contributed by atoms with van der Waals surface area (Å²) < 4.78 is 5.60. The van der Waals surface area contributed by atoms with Gasteiger partial charge in [0.05, 0.1) is 6.61 Å². The van der Waals surface area contributed by atoms with Crippen molar-refractivity contribution in [1.29, 1.82) is 0 Å². The maximum absolute atomic E-state index is 5.60. The van der Waals surface area contributed by atoms with E-state index in [1.54, 1.807) is 0 Å². The minimum Gasteiger partial charge on any atom is -0.493 e. The van der Waals surface area contributed by atoms with Crippen molar-refractivity contribution < 1.29 is 4.74 Å². The lowest BCUT2D eigenvalue weighted by molar-refractivity contribution is 0.356. The number of rotatable bonds is 5. The number of nitrogens with one attached hydrogen (secondary N) is 1. The lowest BCUT2D eigenvalue weighted by Gasteiger charge is -2.21. The van der Waals surface area contributed by atoms with Crippen LogP contribution in [0.3, 0.4) is 0 Å². The third-order valence-corrected chi connectivity index (χ3v) is 4.98. The van der Waals surface area contributed by atoms with Crippen LogP contribution in [-0.2, 0) is 6.42 Å². The van der Waals surface area contributed by atoms with E-state index in [1.807, 2.05) is 0 Å². The normalized spacial score (nSPS) is 26.3. The SMILES string of the molecule is CCC(NCC1CCC(C)C1)c1ccc2c(c1)CCO2. The van der Waals surface area contributed by atoms with Crippen LogP contribution in [0.5, 0.6) is 5.75 Å². The number of hydrogen-bond acceptors (Lipinski definition) is 2. The van der Waals surface area contributed by atoms with Crippen LogP contribution in [0.4, 0.5) is 0 Å². The zero-order chi connectivity index (χ0) is 13.9. The number of hydrogen-bond donors (Lipinski definition) is 1. The van der Waals surface area contributed by atoms with E-state index in [1.165, 1.54) is 36.9 Å². The van der Waals surface area contributed by atoms with Crippen LogP contribution in [0.1, 0.15) is 56.7 Å². The van der Waals surface area contributed by atoms with Crippen LogP contribution in [-0.4, -0.2) is 13.2 Å². The molecule has 2 aliphatic rings. The van der Waals surface area contributed by atoms with Crippen molar-refractivity contribution >= 4 is 0 Å². The summed E-state index contributed by atoms with van der Waals surface area (Å²) in [6.45, 7) is 6.69. The Bertz CT molecular complexity index is 457. The Morgan fingerprint density at radius 2 is 2.25 bits per heavy atom. The Balaban J connectivity index is 1.61. The van der Waals surface area contributed by atoms with Gasteiger partial charge < -0.3 is 10.1 Å². The van der Waals surface area contributed by atoms with Crippen molar-refractivity contribution in [3.63, 3.8) is 0 Å². The first-order valence-electron chi connectivity index (χ1n) is 8.25. The molecule has 1 aromatic rings. The van der Waals surface area contributed by atoms with Gasteiger partial charge in [-0.2, -0.15) is 0 Å². The summed E-state index contributed by atoms with van der Waals surface area (Å²) in [7, 11) is 0. The molecule has 0 radical (unpaired) electrons. The highest BCUT2D eigenvalue weighted by molar-refractivity contribution is 5.40. The molecule has 3 atom stereocenters. The molecule has 1 aliphatic carbocycles. The maximum Gasteiger partial charge on any atom is 0.122 e. The second-order valence-corrected chi connectivity index (χ2v) is 6.62. The highest BCUT2D eigenvalue weighted by atomic mass is 16.5. The van der Waals surface area contributed by atoms with Crippen molar-refractivity contribution in [3.8, 4) is 5.75 Å². The first kappa shape index (κ1) is 13.9. The standard InChI is InChI=1S/C18H27NO/c1-3-17(19-12-14-5-4-13(2)10-14)15-6-7-18-16(11-15)8-9-20-18/h6-7,11,13-14,17,19H,3-5,8-10,12H2,1-2H3. The van der Waals surface area contributed by atoms with Gasteiger partial charge in [-0.25, -0.2) is 0 Å². The number of benzene rings is 1. The average molecular weight is 273 g/mol. The number of ether oxygens (including phenoxy) is 1. The molecule has 1 fully saturated rings. The highest BCUT2D eigenvalue weighted by Crippen LogP contribution is 2.32. The molecule has 0 saturated heterocycles. The van der Waals surface area contributed by atoms with E-state index in [4.69, 9.17) is 4.74 Å². The molecule has 0 aromatic heterocycles. The smallest absolute Gasteiger partial charge is 0.122 e. The minimum absolute atomic E-state index is 0.497. The Hall–Kier alpha value is -1.02. The summed E-state index contributed by atoms with van der Waals surface area (Å²) in [5.41, 5.74) is 2.82. The molecule has 1 aliphatic heterocycles.